The van der Waals surface area contributed by atoms with Crippen molar-refractivity contribution in [1.29, 1.82) is 0 Å². The molecule has 26 heavy (non-hydrogen) atoms. The number of aromatic nitrogens is 2. The van der Waals surface area contributed by atoms with Gasteiger partial charge in [-0.2, -0.15) is 4.99 Å². The molecule has 1 aromatic heterocycles. The van der Waals surface area contributed by atoms with Crippen LogP contribution in [0.25, 0.3) is 0 Å². The molecule has 2 rings (SSSR count). The second-order valence-electron chi connectivity index (χ2n) is 7.10. The lowest BCUT2D eigenvalue weighted by atomic mass is 9.84. The molecule has 0 aromatic carbocycles. The Morgan fingerprint density at radius 1 is 1.35 bits per heavy atom. The Balaban J connectivity index is 1.72. The fourth-order valence-electron chi connectivity index (χ4n) is 2.94. The molecule has 0 saturated carbocycles. The van der Waals surface area contributed by atoms with Crippen LogP contribution in [0.15, 0.2) is 17.4 Å². The number of nitrogens with zero attached hydrogens (tertiary/aromatic N) is 4. The van der Waals surface area contributed by atoms with E-state index in [1.54, 1.807) is 17.3 Å². The van der Waals surface area contributed by atoms with Crippen LogP contribution in [0.5, 0.6) is 5.75 Å². The average molecular weight is 382 g/mol. The van der Waals surface area contributed by atoms with Crippen molar-refractivity contribution in [3.05, 3.63) is 17.7 Å². The number of amidine groups is 1. The van der Waals surface area contributed by atoms with Gasteiger partial charge in [0.05, 0.1) is 19.0 Å². The van der Waals surface area contributed by atoms with Crippen LogP contribution in [0.1, 0.15) is 40.0 Å². The summed E-state index contributed by atoms with van der Waals surface area (Å²) in [6.07, 6.45) is 6.06. The highest BCUT2D eigenvalue weighted by molar-refractivity contribution is 6.28. The molecular weight excluding hydrogens is 354 g/mol. The highest BCUT2D eigenvalue weighted by Crippen LogP contribution is 2.27. The van der Waals surface area contributed by atoms with Gasteiger partial charge >= 0.3 is 6.03 Å². The van der Waals surface area contributed by atoms with E-state index in [2.05, 4.69) is 21.9 Å². The van der Waals surface area contributed by atoms with Crippen LogP contribution in [-0.4, -0.2) is 46.4 Å². The Morgan fingerprint density at radius 2 is 1.96 bits per heavy atom. The molecule has 1 atom stereocenters. The van der Waals surface area contributed by atoms with Crippen LogP contribution in [-0.2, 0) is 0 Å². The molecule has 0 aliphatic carbocycles. The predicted octanol–water partition coefficient (Wildman–Crippen LogP) is 3.38. The number of halogens is 1. The number of carbonyl (C=O) groups excluding carboxylic acids is 1. The number of hydrogen-bond acceptors (Lipinski definition) is 4. The Hall–Kier alpha value is -1.89. The third-order valence-corrected chi connectivity index (χ3v) is 5.06. The van der Waals surface area contributed by atoms with Gasteiger partial charge in [-0.05, 0) is 42.7 Å². The number of nitrogens with two attached hydrogens (primary N) is 1. The summed E-state index contributed by atoms with van der Waals surface area (Å²) < 4.78 is 5.67. The number of hydrogen-bond donors (Lipinski definition) is 1. The van der Waals surface area contributed by atoms with E-state index in [0.29, 0.717) is 30.0 Å². The molecule has 144 valence electrons. The van der Waals surface area contributed by atoms with Crippen LogP contribution in [0.2, 0.25) is 5.28 Å². The van der Waals surface area contributed by atoms with E-state index in [0.717, 1.165) is 32.4 Å². The van der Waals surface area contributed by atoms with Crippen LogP contribution < -0.4 is 10.5 Å². The van der Waals surface area contributed by atoms with E-state index in [-0.39, 0.29) is 17.2 Å². The van der Waals surface area contributed by atoms with Gasteiger partial charge in [0, 0.05) is 19.0 Å². The van der Waals surface area contributed by atoms with Gasteiger partial charge < -0.3 is 15.4 Å². The van der Waals surface area contributed by atoms with Crippen LogP contribution in [0.3, 0.4) is 0 Å². The average Bonchev–Trinajstić information content (AvgIpc) is 2.63. The van der Waals surface area contributed by atoms with E-state index in [1.165, 1.54) is 0 Å². The van der Waals surface area contributed by atoms with Gasteiger partial charge in [-0.3, -0.25) is 0 Å². The van der Waals surface area contributed by atoms with Gasteiger partial charge in [0.1, 0.15) is 5.84 Å². The third kappa shape index (κ3) is 6.12. The van der Waals surface area contributed by atoms with E-state index >= 15 is 0 Å². The van der Waals surface area contributed by atoms with Crippen molar-refractivity contribution in [3.8, 4) is 5.75 Å². The van der Waals surface area contributed by atoms with Crippen molar-refractivity contribution in [2.24, 2.45) is 28.5 Å². The minimum Gasteiger partial charge on any atom is -0.490 e. The minimum atomic E-state index is -0.214. The molecule has 1 aliphatic heterocycles. The Bertz CT molecular complexity index is 613. The van der Waals surface area contributed by atoms with Crippen molar-refractivity contribution < 1.29 is 9.53 Å². The first-order valence-corrected chi connectivity index (χ1v) is 9.48. The maximum Gasteiger partial charge on any atom is 0.345 e. The normalized spacial score (nSPS) is 17.4. The quantitative estimate of drug-likeness (QED) is 0.463. The third-order valence-electron chi connectivity index (χ3n) is 4.87. The first-order valence-electron chi connectivity index (χ1n) is 9.10. The summed E-state index contributed by atoms with van der Waals surface area (Å²) in [5.41, 5.74) is 5.78. The fourth-order valence-corrected chi connectivity index (χ4v) is 3.04. The summed E-state index contributed by atoms with van der Waals surface area (Å²) in [7, 11) is 0. The van der Waals surface area contributed by atoms with Gasteiger partial charge in [-0.25, -0.2) is 14.8 Å². The largest absolute Gasteiger partial charge is 0.490 e. The zero-order valence-electron chi connectivity index (χ0n) is 15.7. The number of piperidine rings is 1. The van der Waals surface area contributed by atoms with Gasteiger partial charge in [-0.15, -0.1) is 0 Å². The Labute approximate surface area is 160 Å². The highest BCUT2D eigenvalue weighted by Gasteiger charge is 2.26. The number of carbonyl (C=O) groups is 1. The highest BCUT2D eigenvalue weighted by atomic mass is 35.5. The summed E-state index contributed by atoms with van der Waals surface area (Å²) in [4.78, 5) is 25.7. The smallest absolute Gasteiger partial charge is 0.345 e. The van der Waals surface area contributed by atoms with E-state index < -0.39 is 0 Å². The monoisotopic (exact) mass is 381 g/mol. The molecule has 1 saturated heterocycles. The van der Waals surface area contributed by atoms with Gasteiger partial charge in [0.15, 0.2) is 5.75 Å². The SMILES string of the molecule is CC(C)C(N)=NC(=O)N1CCC(C(C)CCOc2cnc(Cl)nc2)CC1. The number of urea groups is 1. The Kier molecular flexibility index (Phi) is 7.63. The molecule has 0 radical (unpaired) electrons. The first kappa shape index (κ1) is 20.4. The lowest BCUT2D eigenvalue weighted by molar-refractivity contribution is 0.149. The maximum atomic E-state index is 12.2. The minimum absolute atomic E-state index is 0.0857. The predicted molar refractivity (Wildman–Crippen MR) is 102 cm³/mol. The molecule has 1 aromatic rings. The lowest BCUT2D eigenvalue weighted by Gasteiger charge is -2.34. The molecule has 0 spiro atoms. The second-order valence-corrected chi connectivity index (χ2v) is 7.44. The maximum absolute atomic E-state index is 12.2. The van der Waals surface area contributed by atoms with Crippen molar-refractivity contribution in [2.45, 2.75) is 40.0 Å². The topological polar surface area (TPSA) is 93.7 Å². The number of ether oxygens (including phenoxy) is 1. The van der Waals surface area contributed by atoms with E-state index in [1.807, 2.05) is 13.8 Å². The number of aliphatic imine (C=N–C) groups is 1. The van der Waals surface area contributed by atoms with Crippen LogP contribution in [0.4, 0.5) is 4.79 Å². The van der Waals surface area contributed by atoms with E-state index in [9.17, 15) is 4.79 Å². The first-order chi connectivity index (χ1) is 12.4. The molecule has 1 fully saturated rings. The van der Waals surface area contributed by atoms with Crippen molar-refractivity contribution in [1.82, 2.24) is 14.9 Å². The van der Waals surface area contributed by atoms with Gasteiger partial charge in [0.25, 0.3) is 0 Å². The number of likely N-dealkylation sites (tertiary alicyclic amines) is 1. The molecule has 7 nitrogen and oxygen atoms in total. The van der Waals surface area contributed by atoms with Crippen LogP contribution >= 0.6 is 11.6 Å². The standard InChI is InChI=1S/C18H28ClN5O2/c1-12(2)16(20)23-18(25)24-7-4-14(5-8-24)13(3)6-9-26-15-10-21-17(19)22-11-15/h10-14H,4-9H2,1-3H3,(H2,20,23,25). The molecule has 8 heteroatoms. The summed E-state index contributed by atoms with van der Waals surface area (Å²) in [5.74, 6) is 2.21. The summed E-state index contributed by atoms with van der Waals surface area (Å²) >= 11 is 5.65. The zero-order valence-corrected chi connectivity index (χ0v) is 16.4. The molecular formula is C18H28ClN5O2. The summed E-state index contributed by atoms with van der Waals surface area (Å²) in [6.45, 7) is 8.17. The molecule has 0 bridgehead atoms. The molecule has 2 N–H and O–H groups in total. The van der Waals surface area contributed by atoms with Crippen molar-refractivity contribution in [3.63, 3.8) is 0 Å². The second kappa shape index (κ2) is 9.71. The number of amides is 2. The lowest BCUT2D eigenvalue weighted by Crippen LogP contribution is -2.39. The summed E-state index contributed by atoms with van der Waals surface area (Å²) in [6, 6.07) is -0.214. The fraction of sp³-hybridized carbons (Fsp3) is 0.667. The molecule has 1 unspecified atom stereocenters. The zero-order chi connectivity index (χ0) is 19.1. The van der Waals surface area contributed by atoms with Gasteiger partial charge in [0.2, 0.25) is 5.28 Å². The van der Waals surface area contributed by atoms with Crippen molar-refractivity contribution in [2.75, 3.05) is 19.7 Å². The Morgan fingerprint density at radius 3 is 2.54 bits per heavy atom. The van der Waals surface area contributed by atoms with Crippen LogP contribution in [0, 0.1) is 17.8 Å². The number of rotatable bonds is 6. The van der Waals surface area contributed by atoms with Crippen molar-refractivity contribution >= 4 is 23.5 Å². The molecule has 1 aliphatic rings. The molecule has 2 amide bonds. The van der Waals surface area contributed by atoms with E-state index in [4.69, 9.17) is 22.1 Å². The summed E-state index contributed by atoms with van der Waals surface area (Å²) in [5, 5.41) is 0.214. The van der Waals surface area contributed by atoms with Gasteiger partial charge in [-0.1, -0.05) is 20.8 Å². The molecule has 2 heterocycles.